The van der Waals surface area contributed by atoms with Gasteiger partial charge in [-0.1, -0.05) is 42.5 Å². The zero-order valence-corrected chi connectivity index (χ0v) is 15.7. The zero-order valence-electron chi connectivity index (χ0n) is 15.7. The monoisotopic (exact) mass is 352 g/mol. The highest BCUT2D eigenvalue weighted by Crippen LogP contribution is 2.21. The predicted octanol–water partition coefficient (Wildman–Crippen LogP) is 3.57. The third kappa shape index (κ3) is 4.85. The number of methoxy groups -OCH3 is 1. The first kappa shape index (κ1) is 18.5. The van der Waals surface area contributed by atoms with Crippen molar-refractivity contribution >= 4 is 5.91 Å². The molecule has 0 aromatic heterocycles. The molecule has 3 rings (SSSR count). The number of ether oxygens (including phenoxy) is 1. The minimum atomic E-state index is 0.0933. The Morgan fingerprint density at radius 1 is 1.12 bits per heavy atom. The van der Waals surface area contributed by atoms with Crippen LogP contribution < -0.4 is 4.74 Å². The van der Waals surface area contributed by atoms with E-state index in [0.29, 0.717) is 6.54 Å². The lowest BCUT2D eigenvalue weighted by Gasteiger charge is -2.34. The van der Waals surface area contributed by atoms with Gasteiger partial charge in [0.15, 0.2) is 0 Å². The van der Waals surface area contributed by atoms with Crippen LogP contribution in [-0.2, 0) is 17.9 Å². The molecular weight excluding hydrogens is 324 g/mol. The van der Waals surface area contributed by atoms with Gasteiger partial charge in [0.2, 0.25) is 5.91 Å². The minimum Gasteiger partial charge on any atom is -0.497 e. The van der Waals surface area contributed by atoms with E-state index in [4.69, 9.17) is 4.74 Å². The fourth-order valence-electron chi connectivity index (χ4n) is 3.64. The Kier molecular flexibility index (Phi) is 6.29. The van der Waals surface area contributed by atoms with Crippen molar-refractivity contribution in [3.8, 4) is 5.75 Å². The van der Waals surface area contributed by atoms with Gasteiger partial charge in [-0.05, 0) is 42.6 Å². The Labute approximate surface area is 156 Å². The summed E-state index contributed by atoms with van der Waals surface area (Å²) in [4.78, 5) is 17.2. The highest BCUT2D eigenvalue weighted by molar-refractivity contribution is 5.79. The van der Waals surface area contributed by atoms with E-state index >= 15 is 0 Å². The summed E-state index contributed by atoms with van der Waals surface area (Å²) in [5, 5.41) is 0. The predicted molar refractivity (Wildman–Crippen MR) is 104 cm³/mol. The van der Waals surface area contributed by atoms with Crippen molar-refractivity contribution in [3.05, 3.63) is 65.7 Å². The SMILES string of the molecule is COc1ccc(CN(C)C(=O)[C@@H]2CCCN(Cc3ccccc3)C2)cc1. The molecule has 0 aliphatic carbocycles. The Bertz CT molecular complexity index is 700. The number of hydrogen-bond acceptors (Lipinski definition) is 3. The van der Waals surface area contributed by atoms with E-state index in [-0.39, 0.29) is 11.8 Å². The lowest BCUT2D eigenvalue weighted by Crippen LogP contribution is -2.43. The van der Waals surface area contributed by atoms with Crippen LogP contribution >= 0.6 is 0 Å². The van der Waals surface area contributed by atoms with Crippen molar-refractivity contribution in [1.82, 2.24) is 9.80 Å². The smallest absolute Gasteiger partial charge is 0.227 e. The first-order valence-corrected chi connectivity index (χ1v) is 9.30. The van der Waals surface area contributed by atoms with E-state index in [9.17, 15) is 4.79 Å². The maximum Gasteiger partial charge on any atom is 0.227 e. The van der Waals surface area contributed by atoms with Gasteiger partial charge in [-0.25, -0.2) is 0 Å². The summed E-state index contributed by atoms with van der Waals surface area (Å²) >= 11 is 0. The molecule has 1 aliphatic rings. The van der Waals surface area contributed by atoms with Crippen LogP contribution in [-0.4, -0.2) is 43.0 Å². The number of piperidine rings is 1. The molecule has 4 heteroatoms. The maximum absolute atomic E-state index is 12.9. The van der Waals surface area contributed by atoms with Crippen LogP contribution in [0.5, 0.6) is 5.75 Å². The molecule has 0 saturated carbocycles. The van der Waals surface area contributed by atoms with Crippen LogP contribution in [0.4, 0.5) is 0 Å². The summed E-state index contributed by atoms with van der Waals surface area (Å²) < 4.78 is 5.19. The van der Waals surface area contributed by atoms with Crippen LogP contribution in [0.2, 0.25) is 0 Å². The lowest BCUT2D eigenvalue weighted by molar-refractivity contribution is -0.136. The summed E-state index contributed by atoms with van der Waals surface area (Å²) in [6.07, 6.45) is 2.07. The Morgan fingerprint density at radius 2 is 1.85 bits per heavy atom. The van der Waals surface area contributed by atoms with Gasteiger partial charge in [0.05, 0.1) is 13.0 Å². The molecule has 138 valence electrons. The molecule has 1 atom stereocenters. The third-order valence-electron chi connectivity index (χ3n) is 5.06. The van der Waals surface area contributed by atoms with Crippen molar-refractivity contribution in [2.75, 3.05) is 27.2 Å². The first-order chi connectivity index (χ1) is 12.7. The van der Waals surface area contributed by atoms with E-state index in [2.05, 4.69) is 29.2 Å². The summed E-state index contributed by atoms with van der Waals surface area (Å²) in [6, 6.07) is 18.4. The summed E-state index contributed by atoms with van der Waals surface area (Å²) in [7, 11) is 3.57. The molecule has 0 bridgehead atoms. The molecule has 4 nitrogen and oxygen atoms in total. The van der Waals surface area contributed by atoms with Gasteiger partial charge in [-0.2, -0.15) is 0 Å². The Morgan fingerprint density at radius 3 is 2.54 bits per heavy atom. The number of likely N-dealkylation sites (tertiary alicyclic amines) is 1. The average molecular weight is 352 g/mol. The molecule has 2 aromatic carbocycles. The second-order valence-electron chi connectivity index (χ2n) is 7.10. The molecule has 26 heavy (non-hydrogen) atoms. The Balaban J connectivity index is 1.55. The van der Waals surface area contributed by atoms with E-state index in [1.54, 1.807) is 7.11 Å². The second kappa shape index (κ2) is 8.86. The molecule has 2 aromatic rings. The van der Waals surface area contributed by atoms with Gasteiger partial charge in [-0.15, -0.1) is 0 Å². The van der Waals surface area contributed by atoms with E-state index in [1.807, 2.05) is 42.3 Å². The number of amides is 1. The van der Waals surface area contributed by atoms with Gasteiger partial charge in [0.1, 0.15) is 5.75 Å². The van der Waals surface area contributed by atoms with Gasteiger partial charge >= 0.3 is 0 Å². The fourth-order valence-corrected chi connectivity index (χ4v) is 3.64. The molecule has 1 fully saturated rings. The van der Waals surface area contributed by atoms with Crippen molar-refractivity contribution in [2.24, 2.45) is 5.92 Å². The van der Waals surface area contributed by atoms with Crippen LogP contribution in [0.3, 0.4) is 0 Å². The van der Waals surface area contributed by atoms with Crippen molar-refractivity contribution in [1.29, 1.82) is 0 Å². The number of hydrogen-bond donors (Lipinski definition) is 0. The lowest BCUT2D eigenvalue weighted by atomic mass is 9.96. The van der Waals surface area contributed by atoms with Gasteiger partial charge < -0.3 is 9.64 Å². The van der Waals surface area contributed by atoms with Gasteiger partial charge in [0.25, 0.3) is 0 Å². The van der Waals surface area contributed by atoms with Crippen molar-refractivity contribution in [3.63, 3.8) is 0 Å². The first-order valence-electron chi connectivity index (χ1n) is 9.30. The molecule has 0 spiro atoms. The van der Waals surface area contributed by atoms with E-state index < -0.39 is 0 Å². The van der Waals surface area contributed by atoms with Gasteiger partial charge in [0, 0.05) is 26.7 Å². The number of carbonyl (C=O) groups excluding carboxylic acids is 1. The topological polar surface area (TPSA) is 32.8 Å². The molecule has 1 heterocycles. The largest absolute Gasteiger partial charge is 0.497 e. The average Bonchev–Trinajstić information content (AvgIpc) is 2.69. The fraction of sp³-hybridized carbons (Fsp3) is 0.409. The number of carbonyl (C=O) groups is 1. The molecular formula is C22H28N2O2. The van der Waals surface area contributed by atoms with Crippen molar-refractivity contribution in [2.45, 2.75) is 25.9 Å². The molecule has 0 radical (unpaired) electrons. The summed E-state index contributed by atoms with van der Waals surface area (Å²) in [6.45, 7) is 3.48. The third-order valence-corrected chi connectivity index (χ3v) is 5.06. The normalized spacial score (nSPS) is 17.7. The van der Waals surface area contributed by atoms with E-state index in [0.717, 1.165) is 43.8 Å². The van der Waals surface area contributed by atoms with E-state index in [1.165, 1.54) is 5.56 Å². The standard InChI is InChI=1S/C22H28N2O2/c1-23(15-19-10-12-21(26-2)13-11-19)22(25)20-9-6-14-24(17-20)16-18-7-4-3-5-8-18/h3-5,7-8,10-13,20H,6,9,14-17H2,1-2H3/t20-/m1/s1. The number of rotatable bonds is 6. The second-order valence-corrected chi connectivity index (χ2v) is 7.10. The van der Waals surface area contributed by atoms with Crippen LogP contribution in [0, 0.1) is 5.92 Å². The molecule has 1 aliphatic heterocycles. The minimum absolute atomic E-state index is 0.0933. The van der Waals surface area contributed by atoms with Crippen LogP contribution in [0.15, 0.2) is 54.6 Å². The zero-order chi connectivity index (χ0) is 18.4. The van der Waals surface area contributed by atoms with Crippen molar-refractivity contribution < 1.29 is 9.53 Å². The highest BCUT2D eigenvalue weighted by Gasteiger charge is 2.27. The molecule has 1 amide bonds. The molecule has 1 saturated heterocycles. The number of benzene rings is 2. The molecule has 0 unspecified atom stereocenters. The molecule has 0 N–H and O–H groups in total. The number of nitrogens with zero attached hydrogens (tertiary/aromatic N) is 2. The van der Waals surface area contributed by atoms with Gasteiger partial charge in [-0.3, -0.25) is 9.69 Å². The highest BCUT2D eigenvalue weighted by atomic mass is 16.5. The summed E-state index contributed by atoms with van der Waals surface area (Å²) in [5.74, 6) is 1.18. The quantitative estimate of drug-likeness (QED) is 0.797. The van der Waals surface area contributed by atoms with Crippen LogP contribution in [0.1, 0.15) is 24.0 Å². The summed E-state index contributed by atoms with van der Waals surface area (Å²) in [5.41, 5.74) is 2.44. The Hall–Kier alpha value is -2.33. The van der Waals surface area contributed by atoms with Crippen LogP contribution in [0.25, 0.3) is 0 Å². The maximum atomic E-state index is 12.9.